The van der Waals surface area contributed by atoms with Crippen LogP contribution in [0.25, 0.3) is 15.5 Å². The highest BCUT2D eigenvalue weighted by molar-refractivity contribution is 7.19. The molecule has 0 unspecified atom stereocenters. The molecule has 0 saturated heterocycles. The Kier molecular flexibility index (Phi) is 4.22. The number of hydrogen-bond acceptors (Lipinski definition) is 5. The summed E-state index contributed by atoms with van der Waals surface area (Å²) >= 11 is 1.50. The van der Waals surface area contributed by atoms with Crippen LogP contribution in [0.1, 0.15) is 28.7 Å². The fourth-order valence-corrected chi connectivity index (χ4v) is 3.58. The number of anilines is 1. The lowest BCUT2D eigenvalue weighted by molar-refractivity contribution is 0.102. The molecule has 26 heavy (non-hydrogen) atoms. The molecule has 0 aliphatic rings. The molecule has 4 aromatic rings. The van der Waals surface area contributed by atoms with E-state index in [1.165, 1.54) is 11.3 Å². The SMILES string of the molecule is CCc1nnc2sc(-c3ccc(NC(=O)c4ccccc4C)cc3)nn12. The highest BCUT2D eigenvalue weighted by Crippen LogP contribution is 2.26. The number of nitrogens with one attached hydrogen (secondary N) is 1. The number of nitrogens with zero attached hydrogens (tertiary/aromatic N) is 4. The number of amides is 1. The van der Waals surface area contributed by atoms with Crippen molar-refractivity contribution in [1.29, 1.82) is 0 Å². The summed E-state index contributed by atoms with van der Waals surface area (Å²) in [5, 5.41) is 16.6. The Morgan fingerprint density at radius 2 is 1.88 bits per heavy atom. The van der Waals surface area contributed by atoms with Crippen LogP contribution < -0.4 is 5.32 Å². The first-order valence-electron chi connectivity index (χ1n) is 8.34. The molecule has 130 valence electrons. The molecular formula is C19H17N5OS. The minimum atomic E-state index is -0.109. The average molecular weight is 363 g/mol. The van der Waals surface area contributed by atoms with Gasteiger partial charge in [0.15, 0.2) is 5.82 Å². The van der Waals surface area contributed by atoms with Gasteiger partial charge in [-0.25, -0.2) is 0 Å². The smallest absolute Gasteiger partial charge is 0.255 e. The Balaban J connectivity index is 1.55. The van der Waals surface area contributed by atoms with E-state index < -0.39 is 0 Å². The van der Waals surface area contributed by atoms with E-state index >= 15 is 0 Å². The maximum atomic E-state index is 12.4. The van der Waals surface area contributed by atoms with E-state index in [-0.39, 0.29) is 5.91 Å². The van der Waals surface area contributed by atoms with Crippen LogP contribution in [0.15, 0.2) is 48.5 Å². The Labute approximate surface area is 154 Å². The van der Waals surface area contributed by atoms with Gasteiger partial charge in [0.2, 0.25) is 4.96 Å². The lowest BCUT2D eigenvalue weighted by atomic mass is 10.1. The van der Waals surface area contributed by atoms with E-state index in [1.807, 2.05) is 62.4 Å². The molecular weight excluding hydrogens is 346 g/mol. The quantitative estimate of drug-likeness (QED) is 0.595. The Bertz CT molecular complexity index is 1080. The van der Waals surface area contributed by atoms with Gasteiger partial charge in [-0.3, -0.25) is 4.79 Å². The van der Waals surface area contributed by atoms with Gasteiger partial charge in [0.1, 0.15) is 5.01 Å². The maximum absolute atomic E-state index is 12.4. The van der Waals surface area contributed by atoms with Crippen LogP contribution in [0.3, 0.4) is 0 Å². The van der Waals surface area contributed by atoms with Gasteiger partial charge in [0, 0.05) is 23.2 Å². The van der Waals surface area contributed by atoms with E-state index in [1.54, 1.807) is 4.52 Å². The molecule has 1 N–H and O–H groups in total. The molecule has 0 aliphatic carbocycles. The third-order valence-corrected chi connectivity index (χ3v) is 5.10. The molecule has 0 bridgehead atoms. The molecule has 1 amide bonds. The van der Waals surface area contributed by atoms with Crippen LogP contribution in [0.5, 0.6) is 0 Å². The van der Waals surface area contributed by atoms with Crippen molar-refractivity contribution in [3.05, 3.63) is 65.5 Å². The molecule has 7 heteroatoms. The van der Waals surface area contributed by atoms with Gasteiger partial charge in [-0.2, -0.15) is 9.61 Å². The third-order valence-electron chi connectivity index (χ3n) is 4.15. The van der Waals surface area contributed by atoms with Gasteiger partial charge in [-0.1, -0.05) is 36.5 Å². The zero-order valence-electron chi connectivity index (χ0n) is 14.4. The summed E-state index contributed by atoms with van der Waals surface area (Å²) in [5.74, 6) is 0.742. The number of benzene rings is 2. The number of fused-ring (bicyclic) bond motifs is 1. The number of rotatable bonds is 4. The number of aromatic nitrogens is 4. The number of hydrogen-bond donors (Lipinski definition) is 1. The van der Waals surface area contributed by atoms with Crippen molar-refractivity contribution in [3.63, 3.8) is 0 Å². The largest absolute Gasteiger partial charge is 0.322 e. The van der Waals surface area contributed by atoms with Crippen LogP contribution in [0.2, 0.25) is 0 Å². The summed E-state index contributed by atoms with van der Waals surface area (Å²) in [7, 11) is 0. The van der Waals surface area contributed by atoms with Gasteiger partial charge in [-0.05, 0) is 42.8 Å². The van der Waals surface area contributed by atoms with E-state index in [4.69, 9.17) is 0 Å². The van der Waals surface area contributed by atoms with Gasteiger partial charge >= 0.3 is 0 Å². The number of aryl methyl sites for hydroxylation is 2. The minimum absolute atomic E-state index is 0.109. The first kappa shape index (κ1) is 16.4. The van der Waals surface area contributed by atoms with Crippen molar-refractivity contribution in [1.82, 2.24) is 19.8 Å². The van der Waals surface area contributed by atoms with E-state index in [0.29, 0.717) is 5.56 Å². The topological polar surface area (TPSA) is 72.2 Å². The second kappa shape index (κ2) is 6.68. The van der Waals surface area contributed by atoms with Gasteiger partial charge in [0.25, 0.3) is 5.91 Å². The molecule has 2 aromatic heterocycles. The summed E-state index contributed by atoms with van der Waals surface area (Å²) in [6.07, 6.45) is 0.786. The molecule has 2 heterocycles. The summed E-state index contributed by atoms with van der Waals surface area (Å²) in [6.45, 7) is 3.96. The minimum Gasteiger partial charge on any atom is -0.322 e. The summed E-state index contributed by atoms with van der Waals surface area (Å²) in [5.41, 5.74) is 3.36. The van der Waals surface area contributed by atoms with Crippen molar-refractivity contribution < 1.29 is 4.79 Å². The number of carbonyl (C=O) groups is 1. The lowest BCUT2D eigenvalue weighted by Crippen LogP contribution is -2.13. The standard InChI is InChI=1S/C19H17N5OS/c1-3-16-21-22-19-24(16)23-18(26-19)13-8-10-14(11-9-13)20-17(25)15-7-5-4-6-12(15)2/h4-11H,3H2,1-2H3,(H,20,25). The second-order valence-corrected chi connectivity index (χ2v) is 6.87. The third kappa shape index (κ3) is 2.97. The zero-order chi connectivity index (χ0) is 18.1. The lowest BCUT2D eigenvalue weighted by Gasteiger charge is -2.08. The predicted octanol–water partition coefficient (Wildman–Crippen LogP) is 3.98. The van der Waals surface area contributed by atoms with Gasteiger partial charge < -0.3 is 5.32 Å². The second-order valence-electron chi connectivity index (χ2n) is 5.92. The summed E-state index contributed by atoms with van der Waals surface area (Å²) < 4.78 is 1.79. The van der Waals surface area contributed by atoms with Gasteiger partial charge in [-0.15, -0.1) is 10.2 Å². The van der Waals surface area contributed by atoms with Crippen LogP contribution in [0, 0.1) is 6.92 Å². The van der Waals surface area contributed by atoms with Crippen molar-refractivity contribution in [3.8, 4) is 10.6 Å². The van der Waals surface area contributed by atoms with Crippen molar-refractivity contribution >= 4 is 27.9 Å². The molecule has 0 atom stereocenters. The zero-order valence-corrected chi connectivity index (χ0v) is 15.2. The van der Waals surface area contributed by atoms with Crippen LogP contribution >= 0.6 is 11.3 Å². The molecule has 0 spiro atoms. The number of carbonyl (C=O) groups excluding carboxylic acids is 1. The first-order valence-corrected chi connectivity index (χ1v) is 9.16. The van der Waals surface area contributed by atoms with Crippen LogP contribution in [-0.4, -0.2) is 25.7 Å². The Morgan fingerprint density at radius 3 is 2.62 bits per heavy atom. The monoisotopic (exact) mass is 363 g/mol. The average Bonchev–Trinajstić information content (AvgIpc) is 3.23. The maximum Gasteiger partial charge on any atom is 0.255 e. The van der Waals surface area contributed by atoms with E-state index in [0.717, 1.165) is 39.0 Å². The summed E-state index contributed by atoms with van der Waals surface area (Å²) in [4.78, 5) is 13.2. The predicted molar refractivity (Wildman–Crippen MR) is 103 cm³/mol. The fourth-order valence-electron chi connectivity index (χ4n) is 2.72. The van der Waals surface area contributed by atoms with E-state index in [9.17, 15) is 4.79 Å². The molecule has 0 saturated carbocycles. The highest BCUT2D eigenvalue weighted by Gasteiger charge is 2.12. The highest BCUT2D eigenvalue weighted by atomic mass is 32.1. The van der Waals surface area contributed by atoms with Gasteiger partial charge in [0.05, 0.1) is 0 Å². The molecule has 4 rings (SSSR count). The van der Waals surface area contributed by atoms with Crippen molar-refractivity contribution in [2.75, 3.05) is 5.32 Å². The van der Waals surface area contributed by atoms with Crippen LogP contribution in [-0.2, 0) is 6.42 Å². The molecule has 2 aromatic carbocycles. The Hall–Kier alpha value is -3.06. The van der Waals surface area contributed by atoms with Crippen molar-refractivity contribution in [2.45, 2.75) is 20.3 Å². The fraction of sp³-hybridized carbons (Fsp3) is 0.158. The molecule has 0 radical (unpaired) electrons. The van der Waals surface area contributed by atoms with Crippen LogP contribution in [0.4, 0.5) is 5.69 Å². The normalized spacial score (nSPS) is 11.0. The molecule has 6 nitrogen and oxygen atoms in total. The first-order chi connectivity index (χ1) is 12.7. The molecule has 0 fully saturated rings. The summed E-state index contributed by atoms with van der Waals surface area (Å²) in [6, 6.07) is 15.2. The van der Waals surface area contributed by atoms with E-state index in [2.05, 4.69) is 20.6 Å². The molecule has 0 aliphatic heterocycles. The van der Waals surface area contributed by atoms with Crippen molar-refractivity contribution in [2.24, 2.45) is 0 Å². The Morgan fingerprint density at radius 1 is 1.12 bits per heavy atom.